The molecule has 2 aliphatic carbocycles. The molecule has 3 unspecified atom stereocenters. The Hall–Kier alpha value is -2.10. The third-order valence-electron chi connectivity index (χ3n) is 5.72. The third-order valence-corrected chi connectivity index (χ3v) is 5.72. The smallest absolute Gasteiger partial charge is 0.342 e. The molecule has 1 aromatic rings. The number of carbonyl (C=O) groups is 2. The molecule has 3 rings (SSSR count). The molecular formula is C20H24O4. The summed E-state index contributed by atoms with van der Waals surface area (Å²) in [6, 6.07) is 6.68. The lowest BCUT2D eigenvalue weighted by atomic mass is 9.82. The van der Waals surface area contributed by atoms with Crippen molar-refractivity contribution in [3.8, 4) is 5.75 Å². The molecule has 2 saturated carbocycles. The van der Waals surface area contributed by atoms with Gasteiger partial charge in [-0.05, 0) is 49.7 Å². The van der Waals surface area contributed by atoms with Crippen molar-refractivity contribution in [1.29, 1.82) is 0 Å². The normalized spacial score (nSPS) is 26.9. The van der Waals surface area contributed by atoms with Gasteiger partial charge < -0.3 is 9.47 Å². The number of hydrogen-bond acceptors (Lipinski definition) is 4. The van der Waals surface area contributed by atoms with Crippen molar-refractivity contribution in [1.82, 2.24) is 0 Å². The molecule has 0 N–H and O–H groups in total. The van der Waals surface area contributed by atoms with Crippen molar-refractivity contribution in [2.45, 2.75) is 46.1 Å². The fourth-order valence-electron chi connectivity index (χ4n) is 4.20. The minimum atomic E-state index is -0.545. The highest BCUT2D eigenvalue weighted by atomic mass is 16.6. The molecule has 0 saturated heterocycles. The van der Waals surface area contributed by atoms with Crippen LogP contribution < -0.4 is 4.74 Å². The van der Waals surface area contributed by atoms with E-state index in [0.29, 0.717) is 11.8 Å². The second-order valence-corrected chi connectivity index (χ2v) is 7.55. The highest BCUT2D eigenvalue weighted by molar-refractivity contribution is 5.95. The van der Waals surface area contributed by atoms with E-state index in [-0.39, 0.29) is 28.4 Å². The van der Waals surface area contributed by atoms with Gasteiger partial charge in [0.15, 0.2) is 0 Å². The van der Waals surface area contributed by atoms with Gasteiger partial charge in [-0.15, -0.1) is 0 Å². The first kappa shape index (κ1) is 16.7. The number of fused-ring (bicyclic) bond motifs is 2. The predicted molar refractivity (Wildman–Crippen MR) is 90.7 cm³/mol. The van der Waals surface area contributed by atoms with Crippen LogP contribution >= 0.6 is 0 Å². The van der Waals surface area contributed by atoms with Crippen LogP contribution in [0.5, 0.6) is 5.75 Å². The molecule has 2 aliphatic rings. The van der Waals surface area contributed by atoms with Gasteiger partial charge in [0.25, 0.3) is 0 Å². The Morgan fingerprint density at radius 2 is 1.92 bits per heavy atom. The van der Waals surface area contributed by atoms with Crippen LogP contribution in [0.1, 0.15) is 50.4 Å². The maximum absolute atomic E-state index is 12.6. The van der Waals surface area contributed by atoms with Crippen molar-refractivity contribution in [3.05, 3.63) is 42.0 Å². The van der Waals surface area contributed by atoms with E-state index in [9.17, 15) is 9.59 Å². The number of carbonyl (C=O) groups excluding carboxylic acids is 2. The lowest BCUT2D eigenvalue weighted by molar-refractivity contribution is -0.130. The molecule has 4 heteroatoms. The molecule has 0 aliphatic heterocycles. The van der Waals surface area contributed by atoms with Gasteiger partial charge in [0, 0.05) is 11.5 Å². The van der Waals surface area contributed by atoms with Gasteiger partial charge in [0.05, 0.1) is 0 Å². The van der Waals surface area contributed by atoms with E-state index in [1.54, 1.807) is 31.2 Å². The van der Waals surface area contributed by atoms with E-state index < -0.39 is 11.9 Å². The van der Waals surface area contributed by atoms with Crippen molar-refractivity contribution >= 4 is 11.9 Å². The molecule has 3 atom stereocenters. The summed E-state index contributed by atoms with van der Waals surface area (Å²) in [7, 11) is 0. The molecule has 2 fully saturated rings. The van der Waals surface area contributed by atoms with Crippen LogP contribution in [0.2, 0.25) is 0 Å². The zero-order valence-corrected chi connectivity index (χ0v) is 14.5. The molecule has 0 amide bonds. The Bertz CT molecular complexity index is 689. The summed E-state index contributed by atoms with van der Waals surface area (Å²) in [5, 5.41) is 0. The van der Waals surface area contributed by atoms with E-state index in [0.717, 1.165) is 12.8 Å². The van der Waals surface area contributed by atoms with Crippen molar-refractivity contribution in [2.24, 2.45) is 17.3 Å². The molecule has 0 heterocycles. The number of hydrogen-bond donors (Lipinski definition) is 0. The lowest BCUT2D eigenvalue weighted by Crippen LogP contribution is -2.27. The summed E-state index contributed by atoms with van der Waals surface area (Å²) in [6.07, 6.45) is 3.22. The van der Waals surface area contributed by atoms with Crippen LogP contribution in [0, 0.1) is 17.3 Å². The van der Waals surface area contributed by atoms with Crippen molar-refractivity contribution in [3.63, 3.8) is 0 Å². The van der Waals surface area contributed by atoms with Gasteiger partial charge in [-0.1, -0.05) is 32.6 Å². The molecule has 0 spiro atoms. The van der Waals surface area contributed by atoms with Crippen LogP contribution in [0.25, 0.3) is 0 Å². The first-order chi connectivity index (χ1) is 11.3. The summed E-state index contributed by atoms with van der Waals surface area (Å²) in [5.41, 5.74) is 0.803. The summed E-state index contributed by atoms with van der Waals surface area (Å²) in [4.78, 5) is 24.4. The average molecular weight is 328 g/mol. The van der Waals surface area contributed by atoms with Crippen LogP contribution in [0.3, 0.4) is 0 Å². The zero-order chi connectivity index (χ0) is 17.5. The average Bonchev–Trinajstić information content (AvgIpc) is 2.94. The van der Waals surface area contributed by atoms with E-state index in [1.165, 1.54) is 6.42 Å². The largest absolute Gasteiger partial charge is 0.458 e. The second kappa shape index (κ2) is 6.08. The maximum atomic E-state index is 12.6. The molecule has 24 heavy (non-hydrogen) atoms. The van der Waals surface area contributed by atoms with Gasteiger partial charge >= 0.3 is 11.9 Å². The molecule has 1 aromatic carbocycles. The van der Waals surface area contributed by atoms with Gasteiger partial charge in [-0.25, -0.2) is 9.59 Å². The van der Waals surface area contributed by atoms with E-state index in [4.69, 9.17) is 9.47 Å². The van der Waals surface area contributed by atoms with Crippen LogP contribution in [0.4, 0.5) is 0 Å². The molecule has 2 bridgehead atoms. The van der Waals surface area contributed by atoms with Crippen LogP contribution in [-0.2, 0) is 9.53 Å². The minimum Gasteiger partial charge on any atom is -0.458 e. The van der Waals surface area contributed by atoms with E-state index >= 15 is 0 Å². The summed E-state index contributed by atoms with van der Waals surface area (Å²) in [5.74, 6) is 0.288. The Kier molecular flexibility index (Phi) is 4.24. The molecule has 0 aromatic heterocycles. The first-order valence-corrected chi connectivity index (χ1v) is 8.48. The monoisotopic (exact) mass is 328 g/mol. The molecule has 0 radical (unpaired) electrons. The van der Waals surface area contributed by atoms with Crippen molar-refractivity contribution in [2.75, 3.05) is 0 Å². The summed E-state index contributed by atoms with van der Waals surface area (Å²) >= 11 is 0. The zero-order valence-electron chi connectivity index (χ0n) is 14.5. The number of benzene rings is 1. The first-order valence-electron chi connectivity index (χ1n) is 8.48. The SMILES string of the molecule is C=C(C)C(=O)Oc1ccccc1C(=O)OC1CC2CCC1C2(C)C. The maximum Gasteiger partial charge on any atom is 0.342 e. The molecule has 4 nitrogen and oxygen atoms in total. The molecule has 128 valence electrons. The number of para-hydroxylation sites is 1. The van der Waals surface area contributed by atoms with E-state index in [1.807, 2.05) is 0 Å². The number of ether oxygens (including phenoxy) is 2. The van der Waals surface area contributed by atoms with Gasteiger partial charge in [0.1, 0.15) is 17.4 Å². The van der Waals surface area contributed by atoms with E-state index in [2.05, 4.69) is 20.4 Å². The third kappa shape index (κ3) is 2.85. The Labute approximate surface area is 142 Å². The van der Waals surface area contributed by atoms with Crippen LogP contribution in [0.15, 0.2) is 36.4 Å². The van der Waals surface area contributed by atoms with Crippen molar-refractivity contribution < 1.29 is 19.1 Å². The fourth-order valence-corrected chi connectivity index (χ4v) is 4.20. The topological polar surface area (TPSA) is 52.6 Å². The highest BCUT2D eigenvalue weighted by Crippen LogP contribution is 2.58. The summed E-state index contributed by atoms with van der Waals surface area (Å²) in [6.45, 7) is 9.67. The summed E-state index contributed by atoms with van der Waals surface area (Å²) < 4.78 is 11.1. The quantitative estimate of drug-likeness (QED) is 0.473. The standard InChI is InChI=1S/C20H24O4/c1-12(2)18(21)23-16-8-6-5-7-14(16)19(22)24-17-11-13-9-10-15(17)20(13,3)4/h5-8,13,15,17H,1,9-11H2,2-4H3. The Morgan fingerprint density at radius 1 is 1.21 bits per heavy atom. The van der Waals surface area contributed by atoms with Gasteiger partial charge in [-0.2, -0.15) is 0 Å². The Balaban J connectivity index is 1.75. The lowest BCUT2D eigenvalue weighted by Gasteiger charge is -2.26. The minimum absolute atomic E-state index is 0.0452. The second-order valence-electron chi connectivity index (χ2n) is 7.55. The predicted octanol–water partition coefficient (Wildman–Crippen LogP) is 4.15. The van der Waals surface area contributed by atoms with Gasteiger partial charge in [0.2, 0.25) is 0 Å². The molecular weight excluding hydrogens is 304 g/mol. The highest BCUT2D eigenvalue weighted by Gasteiger charge is 2.54. The Morgan fingerprint density at radius 3 is 2.50 bits per heavy atom. The van der Waals surface area contributed by atoms with Gasteiger partial charge in [-0.3, -0.25) is 0 Å². The van der Waals surface area contributed by atoms with Crippen LogP contribution in [-0.4, -0.2) is 18.0 Å². The number of rotatable bonds is 4. The number of esters is 2. The fraction of sp³-hybridized carbons (Fsp3) is 0.500.